The summed E-state index contributed by atoms with van der Waals surface area (Å²) in [6, 6.07) is 3.45. The molecule has 0 spiro atoms. The van der Waals surface area contributed by atoms with Crippen molar-refractivity contribution in [3.63, 3.8) is 0 Å². The van der Waals surface area contributed by atoms with Crippen LogP contribution in [0, 0.1) is 0 Å². The Hall–Kier alpha value is -1.76. The predicted octanol–water partition coefficient (Wildman–Crippen LogP) is 2.67. The van der Waals surface area contributed by atoms with Crippen molar-refractivity contribution in [2.75, 3.05) is 19.5 Å². The molecule has 0 aliphatic carbocycles. The van der Waals surface area contributed by atoms with Crippen LogP contribution in [-0.2, 0) is 17.5 Å². The van der Waals surface area contributed by atoms with E-state index in [4.69, 9.17) is 10.5 Å². The minimum Gasteiger partial charge on any atom is -0.385 e. The number of rotatable bonds is 4. The van der Waals surface area contributed by atoms with E-state index in [-0.39, 0.29) is 11.5 Å². The van der Waals surface area contributed by atoms with Gasteiger partial charge in [0, 0.05) is 20.3 Å². The molecule has 1 aromatic heterocycles. The molecule has 0 bridgehead atoms. The number of methoxy groups -OCH3 is 1. The average molecular weight is 273 g/mol. The highest BCUT2D eigenvalue weighted by molar-refractivity contribution is 5.79. The van der Waals surface area contributed by atoms with E-state index in [1.54, 1.807) is 11.7 Å². The fraction of sp³-hybridized carbons (Fsp3) is 0.417. The Kier molecular flexibility index (Phi) is 3.66. The highest BCUT2D eigenvalue weighted by Crippen LogP contribution is 2.31. The molecule has 0 aliphatic rings. The molecule has 2 aromatic rings. The van der Waals surface area contributed by atoms with Crippen molar-refractivity contribution < 1.29 is 17.9 Å². The van der Waals surface area contributed by atoms with Crippen molar-refractivity contribution in [1.29, 1.82) is 0 Å². The third-order valence-corrected chi connectivity index (χ3v) is 2.84. The van der Waals surface area contributed by atoms with E-state index in [2.05, 4.69) is 4.98 Å². The fourth-order valence-corrected chi connectivity index (χ4v) is 1.93. The number of anilines is 1. The zero-order valence-corrected chi connectivity index (χ0v) is 10.4. The van der Waals surface area contributed by atoms with Crippen LogP contribution in [0.4, 0.5) is 19.1 Å². The Morgan fingerprint density at radius 2 is 2.11 bits per heavy atom. The van der Waals surface area contributed by atoms with Gasteiger partial charge in [0.25, 0.3) is 0 Å². The summed E-state index contributed by atoms with van der Waals surface area (Å²) in [6.07, 6.45) is -3.66. The van der Waals surface area contributed by atoms with Crippen LogP contribution in [-0.4, -0.2) is 23.3 Å². The summed E-state index contributed by atoms with van der Waals surface area (Å²) < 4.78 is 44.4. The van der Waals surface area contributed by atoms with Crippen LogP contribution in [0.5, 0.6) is 0 Å². The van der Waals surface area contributed by atoms with Gasteiger partial charge >= 0.3 is 6.18 Å². The van der Waals surface area contributed by atoms with Crippen LogP contribution in [0.15, 0.2) is 18.2 Å². The molecule has 4 nitrogen and oxygen atoms in total. The van der Waals surface area contributed by atoms with Crippen LogP contribution in [0.2, 0.25) is 0 Å². The summed E-state index contributed by atoms with van der Waals surface area (Å²) in [5.41, 5.74) is 5.86. The Balaban J connectivity index is 2.37. The molecule has 0 radical (unpaired) electrons. The molecule has 0 aliphatic heterocycles. The number of nitrogens with two attached hydrogens (primary N) is 1. The van der Waals surface area contributed by atoms with Crippen LogP contribution in [0.3, 0.4) is 0 Å². The molecule has 0 amide bonds. The number of aromatic nitrogens is 2. The van der Waals surface area contributed by atoms with Gasteiger partial charge in [-0.2, -0.15) is 13.2 Å². The topological polar surface area (TPSA) is 53.1 Å². The van der Waals surface area contributed by atoms with Gasteiger partial charge in [-0.25, -0.2) is 4.98 Å². The van der Waals surface area contributed by atoms with E-state index in [0.717, 1.165) is 12.1 Å². The maximum Gasteiger partial charge on any atom is 0.416 e. The normalized spacial score (nSPS) is 12.2. The quantitative estimate of drug-likeness (QED) is 0.871. The van der Waals surface area contributed by atoms with Crippen LogP contribution >= 0.6 is 0 Å². The van der Waals surface area contributed by atoms with E-state index in [0.29, 0.717) is 25.1 Å². The summed E-state index contributed by atoms with van der Waals surface area (Å²) in [6.45, 7) is 1.11. The molecule has 1 aromatic carbocycles. The molecule has 0 fully saturated rings. The molecular formula is C12H14F3N3O. The number of fused-ring (bicyclic) bond motifs is 1. The Labute approximate surface area is 108 Å². The monoisotopic (exact) mass is 273 g/mol. The summed E-state index contributed by atoms with van der Waals surface area (Å²) in [4.78, 5) is 3.97. The number of ether oxygens (including phenoxy) is 1. The van der Waals surface area contributed by atoms with Gasteiger partial charge < -0.3 is 15.0 Å². The molecular weight excluding hydrogens is 259 g/mol. The molecule has 19 heavy (non-hydrogen) atoms. The maximum atomic E-state index is 12.6. The first-order valence-corrected chi connectivity index (χ1v) is 5.75. The molecule has 0 unspecified atom stereocenters. The van der Waals surface area contributed by atoms with Gasteiger partial charge in [0.15, 0.2) is 0 Å². The highest BCUT2D eigenvalue weighted by atomic mass is 19.4. The SMILES string of the molecule is COCCCn1c(N)nc2cc(C(F)(F)F)ccc21. The first kappa shape index (κ1) is 13.7. The van der Waals surface area contributed by atoms with E-state index in [1.807, 2.05) is 0 Å². The lowest BCUT2D eigenvalue weighted by atomic mass is 10.2. The molecule has 2 rings (SSSR count). The zero-order chi connectivity index (χ0) is 14.0. The van der Waals surface area contributed by atoms with Crippen molar-refractivity contribution in [1.82, 2.24) is 9.55 Å². The van der Waals surface area contributed by atoms with E-state index >= 15 is 0 Å². The number of hydrogen-bond donors (Lipinski definition) is 1. The highest BCUT2D eigenvalue weighted by Gasteiger charge is 2.31. The predicted molar refractivity (Wildman–Crippen MR) is 65.6 cm³/mol. The lowest BCUT2D eigenvalue weighted by molar-refractivity contribution is -0.137. The molecule has 0 saturated carbocycles. The van der Waals surface area contributed by atoms with Gasteiger partial charge in [-0.1, -0.05) is 0 Å². The van der Waals surface area contributed by atoms with Crippen LogP contribution < -0.4 is 5.73 Å². The number of halogens is 3. The number of hydrogen-bond acceptors (Lipinski definition) is 3. The van der Waals surface area contributed by atoms with Gasteiger partial charge in [0.05, 0.1) is 16.6 Å². The minimum atomic E-state index is -4.37. The number of benzene rings is 1. The molecule has 0 saturated heterocycles. The summed E-state index contributed by atoms with van der Waals surface area (Å²) in [5.74, 6) is 0.213. The second-order valence-electron chi connectivity index (χ2n) is 4.17. The van der Waals surface area contributed by atoms with Gasteiger partial charge in [-0.05, 0) is 24.6 Å². The lowest BCUT2D eigenvalue weighted by Crippen LogP contribution is -2.06. The van der Waals surface area contributed by atoms with Crippen LogP contribution in [0.25, 0.3) is 11.0 Å². The van der Waals surface area contributed by atoms with Crippen molar-refractivity contribution in [2.24, 2.45) is 0 Å². The molecule has 7 heteroatoms. The van der Waals surface area contributed by atoms with E-state index < -0.39 is 11.7 Å². The average Bonchev–Trinajstić information content (AvgIpc) is 2.64. The Morgan fingerprint density at radius 1 is 1.37 bits per heavy atom. The second kappa shape index (κ2) is 5.08. The second-order valence-corrected chi connectivity index (χ2v) is 4.17. The fourth-order valence-electron chi connectivity index (χ4n) is 1.93. The number of nitrogen functional groups attached to an aromatic ring is 1. The first-order valence-electron chi connectivity index (χ1n) is 5.75. The van der Waals surface area contributed by atoms with Gasteiger partial charge in [0.2, 0.25) is 5.95 Å². The van der Waals surface area contributed by atoms with Crippen LogP contribution in [0.1, 0.15) is 12.0 Å². The Morgan fingerprint density at radius 3 is 2.74 bits per heavy atom. The third-order valence-electron chi connectivity index (χ3n) is 2.84. The number of aryl methyl sites for hydroxylation is 1. The van der Waals surface area contributed by atoms with E-state index in [9.17, 15) is 13.2 Å². The molecule has 2 N–H and O–H groups in total. The smallest absolute Gasteiger partial charge is 0.385 e. The van der Waals surface area contributed by atoms with Crippen molar-refractivity contribution in [2.45, 2.75) is 19.1 Å². The largest absolute Gasteiger partial charge is 0.416 e. The van der Waals surface area contributed by atoms with Gasteiger partial charge in [-0.3, -0.25) is 0 Å². The number of imidazole rings is 1. The summed E-state index contributed by atoms with van der Waals surface area (Å²) in [7, 11) is 1.59. The number of alkyl halides is 3. The van der Waals surface area contributed by atoms with E-state index in [1.165, 1.54) is 6.07 Å². The number of nitrogens with zero attached hydrogens (tertiary/aromatic N) is 2. The maximum absolute atomic E-state index is 12.6. The third kappa shape index (κ3) is 2.81. The first-order chi connectivity index (χ1) is 8.93. The standard InChI is InChI=1S/C12H14F3N3O/c1-19-6-2-5-18-10-4-3-8(12(13,14)15)7-9(10)17-11(18)16/h3-4,7H,2,5-6H2,1H3,(H2,16,17). The summed E-state index contributed by atoms with van der Waals surface area (Å²) >= 11 is 0. The minimum absolute atomic E-state index is 0.213. The summed E-state index contributed by atoms with van der Waals surface area (Å²) in [5, 5.41) is 0. The van der Waals surface area contributed by atoms with Gasteiger partial charge in [0.1, 0.15) is 0 Å². The lowest BCUT2D eigenvalue weighted by Gasteiger charge is -2.08. The molecule has 104 valence electrons. The van der Waals surface area contributed by atoms with Crippen molar-refractivity contribution in [3.8, 4) is 0 Å². The van der Waals surface area contributed by atoms with Gasteiger partial charge in [-0.15, -0.1) is 0 Å². The molecule has 1 heterocycles. The van der Waals surface area contributed by atoms with Crippen molar-refractivity contribution in [3.05, 3.63) is 23.8 Å². The van der Waals surface area contributed by atoms with Crippen molar-refractivity contribution >= 4 is 17.0 Å². The molecule has 0 atom stereocenters. The zero-order valence-electron chi connectivity index (χ0n) is 10.4. The Bertz CT molecular complexity index is 577.